The summed E-state index contributed by atoms with van der Waals surface area (Å²) in [4.78, 5) is 9.76. The zero-order valence-corrected chi connectivity index (χ0v) is 20.7. The van der Waals surface area contributed by atoms with Crippen molar-refractivity contribution < 1.29 is 13.9 Å². The van der Waals surface area contributed by atoms with Gasteiger partial charge in [-0.2, -0.15) is 9.90 Å². The van der Waals surface area contributed by atoms with Gasteiger partial charge in [-0.15, -0.1) is 10.2 Å². The molecule has 2 aromatic carbocycles. The molecule has 1 aliphatic rings. The van der Waals surface area contributed by atoms with Crippen LogP contribution in [0.25, 0.3) is 0 Å². The maximum absolute atomic E-state index is 14.6. The number of tetrazole rings is 1. The smallest absolute Gasteiger partial charge is 0.176 e. The molecule has 4 aromatic rings. The lowest BCUT2D eigenvalue weighted by Gasteiger charge is -2.36. The Morgan fingerprint density at radius 2 is 1.78 bits per heavy atom. The lowest BCUT2D eigenvalue weighted by Crippen LogP contribution is -2.47. The van der Waals surface area contributed by atoms with Crippen LogP contribution >= 0.6 is 11.6 Å². The Balaban J connectivity index is 1.20. The molecule has 13 heteroatoms. The van der Waals surface area contributed by atoms with E-state index in [1.807, 2.05) is 24.3 Å². The SMILES string of the molecule is OC(Cn1cncn1)(Cn1nnc(CCN2CCN(c3ccc(Cl)cc3)CC2)n1)c1ccc(F)cc1F. The van der Waals surface area contributed by atoms with E-state index in [0.29, 0.717) is 12.2 Å². The number of benzene rings is 2. The van der Waals surface area contributed by atoms with Gasteiger partial charge >= 0.3 is 0 Å². The first-order chi connectivity index (χ1) is 17.9. The van der Waals surface area contributed by atoms with E-state index in [1.54, 1.807) is 0 Å². The summed E-state index contributed by atoms with van der Waals surface area (Å²) in [6.45, 7) is 4.03. The van der Waals surface area contributed by atoms with E-state index >= 15 is 0 Å². The summed E-state index contributed by atoms with van der Waals surface area (Å²) in [5.74, 6) is -1.09. The van der Waals surface area contributed by atoms with Crippen LogP contribution in [-0.2, 0) is 25.1 Å². The van der Waals surface area contributed by atoms with E-state index in [2.05, 4.69) is 35.3 Å². The number of anilines is 1. The Morgan fingerprint density at radius 3 is 2.49 bits per heavy atom. The van der Waals surface area contributed by atoms with Gasteiger partial charge in [0.05, 0.1) is 13.1 Å². The quantitative estimate of drug-likeness (QED) is 0.352. The summed E-state index contributed by atoms with van der Waals surface area (Å²) in [5.41, 5.74) is -0.756. The number of nitrogens with zero attached hydrogens (tertiary/aromatic N) is 9. The van der Waals surface area contributed by atoms with Crippen LogP contribution in [0.2, 0.25) is 5.02 Å². The third kappa shape index (κ3) is 6.09. The summed E-state index contributed by atoms with van der Waals surface area (Å²) in [6.07, 6.45) is 3.29. The highest BCUT2D eigenvalue weighted by Crippen LogP contribution is 2.28. The highest BCUT2D eigenvalue weighted by Gasteiger charge is 2.35. The molecule has 0 aliphatic carbocycles. The summed E-state index contributed by atoms with van der Waals surface area (Å²) in [7, 11) is 0. The molecule has 2 aromatic heterocycles. The minimum Gasteiger partial charge on any atom is -0.381 e. The van der Waals surface area contributed by atoms with Crippen molar-refractivity contribution in [1.82, 2.24) is 39.9 Å². The Bertz CT molecular complexity index is 1310. The predicted molar refractivity (Wildman–Crippen MR) is 132 cm³/mol. The van der Waals surface area contributed by atoms with Crippen molar-refractivity contribution in [2.24, 2.45) is 0 Å². The number of hydrogen-bond donors (Lipinski definition) is 1. The number of rotatable bonds is 9. The lowest BCUT2D eigenvalue weighted by atomic mass is 9.93. The Hall–Kier alpha value is -3.48. The molecule has 1 fully saturated rings. The Kier molecular flexibility index (Phi) is 7.40. The molecule has 0 amide bonds. The second-order valence-corrected chi connectivity index (χ2v) is 9.48. The zero-order valence-electron chi connectivity index (χ0n) is 20.0. The molecule has 194 valence electrons. The van der Waals surface area contributed by atoms with Crippen molar-refractivity contribution in [1.29, 1.82) is 0 Å². The molecule has 5 rings (SSSR count). The maximum atomic E-state index is 14.6. The molecule has 0 spiro atoms. The van der Waals surface area contributed by atoms with Gasteiger partial charge in [-0.05, 0) is 35.5 Å². The Labute approximate surface area is 217 Å². The van der Waals surface area contributed by atoms with Gasteiger partial charge in [0.25, 0.3) is 0 Å². The van der Waals surface area contributed by atoms with E-state index in [1.165, 1.54) is 28.2 Å². The molecule has 3 heterocycles. The van der Waals surface area contributed by atoms with Gasteiger partial charge in [0.2, 0.25) is 0 Å². The first-order valence-corrected chi connectivity index (χ1v) is 12.3. The highest BCUT2D eigenvalue weighted by molar-refractivity contribution is 6.30. The highest BCUT2D eigenvalue weighted by atomic mass is 35.5. The summed E-state index contributed by atoms with van der Waals surface area (Å²) < 4.78 is 29.5. The van der Waals surface area contributed by atoms with Crippen LogP contribution in [0.5, 0.6) is 0 Å². The molecule has 0 bridgehead atoms. The van der Waals surface area contributed by atoms with Crippen molar-refractivity contribution in [2.75, 3.05) is 37.6 Å². The number of piperazine rings is 1. The minimum atomic E-state index is -1.82. The van der Waals surface area contributed by atoms with Crippen LogP contribution in [0.3, 0.4) is 0 Å². The third-order valence-corrected chi connectivity index (χ3v) is 6.69. The molecule has 1 N–H and O–H groups in total. The fraction of sp³-hybridized carbons (Fsp3) is 0.375. The molecule has 10 nitrogen and oxygen atoms in total. The van der Waals surface area contributed by atoms with Gasteiger partial charge in [-0.25, -0.2) is 18.4 Å². The topological polar surface area (TPSA) is 101 Å². The number of aromatic nitrogens is 7. The monoisotopic (exact) mass is 529 g/mol. The van der Waals surface area contributed by atoms with Crippen LogP contribution in [0, 0.1) is 11.6 Å². The molecular formula is C24H26ClF2N9O. The van der Waals surface area contributed by atoms with E-state index in [9.17, 15) is 13.9 Å². The van der Waals surface area contributed by atoms with E-state index < -0.39 is 17.2 Å². The second kappa shape index (κ2) is 10.9. The van der Waals surface area contributed by atoms with Gasteiger partial charge in [-0.3, -0.25) is 4.90 Å². The Morgan fingerprint density at radius 1 is 1.00 bits per heavy atom. The van der Waals surface area contributed by atoms with Crippen molar-refractivity contribution in [3.63, 3.8) is 0 Å². The van der Waals surface area contributed by atoms with Gasteiger partial charge in [0, 0.05) is 61.5 Å². The fourth-order valence-corrected chi connectivity index (χ4v) is 4.61. The normalized spacial score (nSPS) is 16.2. The molecule has 0 radical (unpaired) electrons. The molecule has 1 atom stereocenters. The second-order valence-electron chi connectivity index (χ2n) is 9.04. The number of halogens is 3. The first kappa shape index (κ1) is 25.2. The molecule has 37 heavy (non-hydrogen) atoms. The van der Waals surface area contributed by atoms with Crippen molar-refractivity contribution in [3.8, 4) is 0 Å². The average Bonchev–Trinajstić information content (AvgIpc) is 3.55. The molecule has 1 saturated heterocycles. The minimum absolute atomic E-state index is 0.0955. The standard InChI is InChI=1S/C24H26ClF2N9O/c25-18-1-4-20(5-2-18)34-11-9-33(10-12-34)8-7-23-30-32-36(31-23)15-24(37,14-35-17-28-16-29-35)21-6-3-19(26)13-22(21)27/h1-6,13,16-17,37H,7-12,14-15H2. The van der Waals surface area contributed by atoms with Crippen molar-refractivity contribution in [2.45, 2.75) is 25.1 Å². The van der Waals surface area contributed by atoms with Crippen LogP contribution in [0.4, 0.5) is 14.5 Å². The van der Waals surface area contributed by atoms with Crippen LogP contribution in [0.15, 0.2) is 55.1 Å². The average molecular weight is 530 g/mol. The zero-order chi connectivity index (χ0) is 25.8. The number of hydrogen-bond acceptors (Lipinski definition) is 8. The van der Waals surface area contributed by atoms with Gasteiger partial charge < -0.3 is 10.0 Å². The summed E-state index contributed by atoms with van der Waals surface area (Å²) in [6, 6.07) is 10.9. The van der Waals surface area contributed by atoms with E-state index in [4.69, 9.17) is 11.6 Å². The third-order valence-electron chi connectivity index (χ3n) is 6.44. The molecular weight excluding hydrogens is 504 g/mol. The van der Waals surface area contributed by atoms with Crippen LogP contribution in [0.1, 0.15) is 11.4 Å². The van der Waals surface area contributed by atoms with Crippen LogP contribution < -0.4 is 4.90 Å². The van der Waals surface area contributed by atoms with Gasteiger partial charge in [0.1, 0.15) is 29.9 Å². The van der Waals surface area contributed by atoms with E-state index in [0.717, 1.165) is 55.6 Å². The van der Waals surface area contributed by atoms with Gasteiger partial charge in [-0.1, -0.05) is 17.7 Å². The summed E-state index contributed by atoms with van der Waals surface area (Å²) >= 11 is 5.99. The van der Waals surface area contributed by atoms with Crippen LogP contribution in [-0.4, -0.2) is 77.7 Å². The number of aliphatic hydroxyl groups is 1. The molecule has 0 saturated carbocycles. The molecule has 1 aliphatic heterocycles. The van der Waals surface area contributed by atoms with E-state index in [-0.39, 0.29) is 18.7 Å². The predicted octanol–water partition coefficient (Wildman–Crippen LogP) is 2.15. The van der Waals surface area contributed by atoms with Gasteiger partial charge in [0.15, 0.2) is 5.82 Å². The largest absolute Gasteiger partial charge is 0.381 e. The summed E-state index contributed by atoms with van der Waals surface area (Å²) in [5, 5.41) is 28.8. The van der Waals surface area contributed by atoms with Crippen molar-refractivity contribution >= 4 is 17.3 Å². The fourth-order valence-electron chi connectivity index (χ4n) is 4.49. The van der Waals surface area contributed by atoms with Crippen molar-refractivity contribution in [3.05, 3.63) is 83.2 Å². The first-order valence-electron chi connectivity index (χ1n) is 11.9. The lowest BCUT2D eigenvalue weighted by molar-refractivity contribution is -0.0125. The molecule has 1 unspecified atom stereocenters. The maximum Gasteiger partial charge on any atom is 0.176 e.